The molecule has 0 amide bonds. The second-order valence-corrected chi connectivity index (χ2v) is 6.07. The van der Waals surface area contributed by atoms with Crippen molar-refractivity contribution in [2.24, 2.45) is 4.99 Å². The van der Waals surface area contributed by atoms with Crippen LogP contribution in [-0.4, -0.2) is 47.7 Å². The number of nitrogens with one attached hydrogen (secondary N) is 1. The average molecular weight is 249 g/mol. The van der Waals surface area contributed by atoms with Crippen LogP contribution in [0.5, 0.6) is 0 Å². The third-order valence-corrected chi connectivity index (χ3v) is 4.29. The summed E-state index contributed by atoms with van der Waals surface area (Å²) in [4.78, 5) is 7.01. The summed E-state index contributed by atoms with van der Waals surface area (Å²) >= 11 is 0. The molecule has 0 aromatic heterocycles. The molecule has 0 aromatic rings. The second-order valence-electron chi connectivity index (χ2n) is 6.07. The normalized spacial score (nSPS) is 38.3. The maximum atomic E-state index is 5.65. The molecule has 0 radical (unpaired) electrons. The Morgan fingerprint density at radius 3 is 3.00 bits per heavy atom. The van der Waals surface area contributed by atoms with Gasteiger partial charge in [-0.25, -0.2) is 4.99 Å². The van der Waals surface area contributed by atoms with E-state index in [9.17, 15) is 0 Å². The molecular weight excluding hydrogens is 226 g/mol. The molecule has 2 fully saturated rings. The van der Waals surface area contributed by atoms with Crippen LogP contribution in [0.3, 0.4) is 0 Å². The van der Waals surface area contributed by atoms with Crippen LogP contribution in [0.1, 0.15) is 33.1 Å². The lowest BCUT2D eigenvalue weighted by Crippen LogP contribution is -2.43. The molecule has 18 heavy (non-hydrogen) atoms. The lowest BCUT2D eigenvalue weighted by atomic mass is 10.2. The van der Waals surface area contributed by atoms with Gasteiger partial charge in [0, 0.05) is 31.6 Å². The van der Waals surface area contributed by atoms with Crippen LogP contribution in [-0.2, 0) is 4.74 Å². The van der Waals surface area contributed by atoms with Crippen LogP contribution < -0.4 is 5.32 Å². The number of rotatable bonds is 4. The number of ether oxygens (including phenoxy) is 1. The van der Waals surface area contributed by atoms with E-state index < -0.39 is 0 Å². The maximum Gasteiger partial charge on any atom is 0.182 e. The molecule has 4 nitrogen and oxygen atoms in total. The lowest BCUT2D eigenvalue weighted by molar-refractivity contribution is 0.138. The van der Waals surface area contributed by atoms with Crippen molar-refractivity contribution in [3.05, 3.63) is 12.7 Å². The van der Waals surface area contributed by atoms with Crippen molar-refractivity contribution < 1.29 is 4.74 Å². The monoisotopic (exact) mass is 249 g/mol. The molecule has 1 saturated carbocycles. The van der Waals surface area contributed by atoms with Crippen molar-refractivity contribution in [3.63, 3.8) is 0 Å². The topological polar surface area (TPSA) is 36.9 Å². The highest BCUT2D eigenvalue weighted by Crippen LogP contribution is 2.36. The van der Waals surface area contributed by atoms with Crippen molar-refractivity contribution in [1.82, 2.24) is 10.2 Å². The molecule has 3 rings (SSSR count). The molecule has 0 spiro atoms. The smallest absolute Gasteiger partial charge is 0.182 e. The van der Waals surface area contributed by atoms with Crippen LogP contribution in [0.4, 0.5) is 0 Å². The summed E-state index contributed by atoms with van der Waals surface area (Å²) < 4.78 is 5.65. The molecule has 0 aromatic carbocycles. The molecule has 3 unspecified atom stereocenters. The predicted octanol–water partition coefficient (Wildman–Crippen LogP) is 1.53. The molecule has 4 heteroatoms. The van der Waals surface area contributed by atoms with Gasteiger partial charge in [0.15, 0.2) is 12.0 Å². The minimum absolute atomic E-state index is 0.0280. The van der Waals surface area contributed by atoms with E-state index in [1.807, 2.05) is 13.0 Å². The Kier molecular flexibility index (Phi) is 2.94. The third-order valence-electron chi connectivity index (χ3n) is 4.29. The van der Waals surface area contributed by atoms with E-state index in [-0.39, 0.29) is 12.3 Å². The fourth-order valence-electron chi connectivity index (χ4n) is 2.98. The van der Waals surface area contributed by atoms with Gasteiger partial charge in [0.05, 0.1) is 0 Å². The first-order valence-electron chi connectivity index (χ1n) is 6.95. The van der Waals surface area contributed by atoms with Crippen LogP contribution in [0.2, 0.25) is 0 Å². The molecule has 2 heterocycles. The van der Waals surface area contributed by atoms with Gasteiger partial charge in [-0.05, 0) is 32.3 Å². The van der Waals surface area contributed by atoms with E-state index in [2.05, 4.69) is 28.7 Å². The molecule has 0 bridgehead atoms. The lowest BCUT2D eigenvalue weighted by Gasteiger charge is -2.25. The van der Waals surface area contributed by atoms with Crippen molar-refractivity contribution in [3.8, 4) is 0 Å². The standard InChI is InChI=1S/C14H23N3O/c1-4-12-13(15-10(2)18-12)17-8-5-11(9-17)16-14(3)6-7-14/h4,11-13,16H,1,5-9H2,2-3H3. The fraction of sp³-hybridized carbons (Fsp3) is 0.786. The Morgan fingerprint density at radius 1 is 1.56 bits per heavy atom. The van der Waals surface area contributed by atoms with E-state index in [1.165, 1.54) is 19.3 Å². The van der Waals surface area contributed by atoms with Gasteiger partial charge in [-0.3, -0.25) is 4.90 Å². The van der Waals surface area contributed by atoms with Gasteiger partial charge in [-0.2, -0.15) is 0 Å². The Morgan fingerprint density at radius 2 is 2.33 bits per heavy atom. The zero-order valence-corrected chi connectivity index (χ0v) is 11.4. The van der Waals surface area contributed by atoms with Crippen LogP contribution in [0.15, 0.2) is 17.6 Å². The summed E-state index contributed by atoms with van der Waals surface area (Å²) in [6.45, 7) is 10.3. The minimum atomic E-state index is 0.0280. The summed E-state index contributed by atoms with van der Waals surface area (Å²) in [5.74, 6) is 0.787. The van der Waals surface area contributed by atoms with Crippen molar-refractivity contribution in [2.45, 2.75) is 57.0 Å². The SMILES string of the molecule is C=CC1OC(C)=NC1N1CCC(NC2(C)CC2)C1. The Bertz CT molecular complexity index is 375. The van der Waals surface area contributed by atoms with Gasteiger partial charge in [-0.15, -0.1) is 0 Å². The zero-order chi connectivity index (χ0) is 12.8. The minimum Gasteiger partial charge on any atom is -0.470 e. The quantitative estimate of drug-likeness (QED) is 0.768. The number of likely N-dealkylation sites (tertiary alicyclic amines) is 1. The van der Waals surface area contributed by atoms with E-state index in [4.69, 9.17) is 4.74 Å². The Balaban J connectivity index is 1.59. The summed E-state index contributed by atoms with van der Waals surface area (Å²) in [6, 6.07) is 0.610. The van der Waals surface area contributed by atoms with Crippen LogP contribution >= 0.6 is 0 Å². The highest BCUT2D eigenvalue weighted by molar-refractivity contribution is 5.75. The zero-order valence-electron chi connectivity index (χ0n) is 11.4. The third kappa shape index (κ3) is 2.31. The Labute approximate surface area is 109 Å². The largest absolute Gasteiger partial charge is 0.470 e. The van der Waals surface area contributed by atoms with E-state index in [1.54, 1.807) is 0 Å². The van der Waals surface area contributed by atoms with Gasteiger partial charge < -0.3 is 10.1 Å². The summed E-state index contributed by atoms with van der Waals surface area (Å²) in [6.07, 6.45) is 5.89. The number of nitrogens with zero attached hydrogens (tertiary/aromatic N) is 2. The number of hydrogen-bond donors (Lipinski definition) is 1. The molecule has 3 atom stereocenters. The molecular formula is C14H23N3O. The first-order chi connectivity index (χ1) is 8.59. The molecule has 2 aliphatic heterocycles. The van der Waals surface area contributed by atoms with E-state index >= 15 is 0 Å². The Hall–Kier alpha value is -0.870. The van der Waals surface area contributed by atoms with E-state index in [0.29, 0.717) is 11.6 Å². The van der Waals surface area contributed by atoms with Crippen molar-refractivity contribution >= 4 is 5.90 Å². The number of aliphatic imine (C=N–C) groups is 1. The predicted molar refractivity (Wildman–Crippen MR) is 72.7 cm³/mol. The summed E-state index contributed by atoms with van der Waals surface area (Å²) in [5.41, 5.74) is 0.421. The first-order valence-corrected chi connectivity index (χ1v) is 6.95. The van der Waals surface area contributed by atoms with Crippen LogP contribution in [0.25, 0.3) is 0 Å². The molecule has 1 aliphatic carbocycles. The van der Waals surface area contributed by atoms with Gasteiger partial charge in [0.1, 0.15) is 6.17 Å². The summed E-state index contributed by atoms with van der Waals surface area (Å²) in [7, 11) is 0. The van der Waals surface area contributed by atoms with Gasteiger partial charge in [0.2, 0.25) is 0 Å². The molecule has 1 N–H and O–H groups in total. The van der Waals surface area contributed by atoms with Gasteiger partial charge in [0.25, 0.3) is 0 Å². The summed E-state index contributed by atoms with van der Waals surface area (Å²) in [5, 5.41) is 3.77. The molecule has 3 aliphatic rings. The first kappa shape index (κ1) is 12.2. The molecule has 1 saturated heterocycles. The highest BCUT2D eigenvalue weighted by Gasteiger charge is 2.42. The number of hydrogen-bond acceptors (Lipinski definition) is 4. The van der Waals surface area contributed by atoms with Gasteiger partial charge >= 0.3 is 0 Å². The van der Waals surface area contributed by atoms with Crippen LogP contribution in [0, 0.1) is 0 Å². The van der Waals surface area contributed by atoms with Gasteiger partial charge in [-0.1, -0.05) is 6.58 Å². The van der Waals surface area contributed by atoms with Crippen molar-refractivity contribution in [2.75, 3.05) is 13.1 Å². The van der Waals surface area contributed by atoms with E-state index in [0.717, 1.165) is 19.0 Å². The van der Waals surface area contributed by atoms with Crippen molar-refractivity contribution in [1.29, 1.82) is 0 Å². The fourth-order valence-corrected chi connectivity index (χ4v) is 2.98. The molecule has 100 valence electrons. The maximum absolute atomic E-state index is 5.65. The highest BCUT2D eigenvalue weighted by atomic mass is 16.5. The second kappa shape index (κ2) is 4.35. The average Bonchev–Trinajstić information content (AvgIpc) is 2.78.